The summed E-state index contributed by atoms with van der Waals surface area (Å²) in [5, 5.41) is 11.7. The molecule has 1 aliphatic heterocycles. The molecule has 7 heteroatoms. The highest BCUT2D eigenvalue weighted by Crippen LogP contribution is 2.30. The van der Waals surface area contributed by atoms with Gasteiger partial charge in [-0.3, -0.25) is 4.79 Å². The van der Waals surface area contributed by atoms with Gasteiger partial charge in [-0.25, -0.2) is 8.42 Å². The van der Waals surface area contributed by atoms with E-state index in [1.807, 2.05) is 37.3 Å². The van der Waals surface area contributed by atoms with Crippen LogP contribution in [0.5, 0.6) is 0 Å². The minimum atomic E-state index is -3.86. The van der Waals surface area contributed by atoms with E-state index in [0.717, 1.165) is 16.7 Å². The second kappa shape index (κ2) is 8.43. The van der Waals surface area contributed by atoms with Crippen molar-refractivity contribution in [1.29, 1.82) is 0 Å². The van der Waals surface area contributed by atoms with E-state index in [-0.39, 0.29) is 24.0 Å². The highest BCUT2D eigenvalue weighted by molar-refractivity contribution is 7.89. The Labute approximate surface area is 166 Å². The van der Waals surface area contributed by atoms with Gasteiger partial charge in [0.05, 0.1) is 4.90 Å². The number of nitrogens with one attached hydrogen (secondary N) is 1. The molecule has 0 bridgehead atoms. The number of hydrogen-bond acceptors (Lipinski definition) is 4. The number of nitrogens with zero attached hydrogens (tertiary/aromatic N) is 1. The number of amides is 1. The molecule has 2 N–H and O–H groups in total. The van der Waals surface area contributed by atoms with E-state index in [1.165, 1.54) is 4.31 Å². The lowest BCUT2D eigenvalue weighted by Gasteiger charge is -2.35. The summed E-state index contributed by atoms with van der Waals surface area (Å²) in [6, 6.07) is 12.1. The van der Waals surface area contributed by atoms with E-state index >= 15 is 0 Å². The highest BCUT2D eigenvalue weighted by atomic mass is 32.2. The van der Waals surface area contributed by atoms with Crippen LogP contribution in [0.15, 0.2) is 47.4 Å². The Morgan fingerprint density at radius 2 is 1.89 bits per heavy atom. The Morgan fingerprint density at radius 1 is 1.18 bits per heavy atom. The summed E-state index contributed by atoms with van der Waals surface area (Å²) in [6.45, 7) is 4.05. The minimum Gasteiger partial charge on any atom is -0.396 e. The van der Waals surface area contributed by atoms with Crippen LogP contribution in [0.1, 0.15) is 28.7 Å². The molecule has 6 nitrogen and oxygen atoms in total. The van der Waals surface area contributed by atoms with Crippen molar-refractivity contribution >= 4 is 15.9 Å². The average molecular weight is 403 g/mol. The maximum atomic E-state index is 13.5. The van der Waals surface area contributed by atoms with Gasteiger partial charge in [-0.05, 0) is 55.0 Å². The van der Waals surface area contributed by atoms with Gasteiger partial charge in [-0.15, -0.1) is 0 Å². The van der Waals surface area contributed by atoms with E-state index in [0.29, 0.717) is 24.9 Å². The largest absolute Gasteiger partial charge is 0.396 e. The molecule has 28 heavy (non-hydrogen) atoms. The van der Waals surface area contributed by atoms with Gasteiger partial charge in [0.25, 0.3) is 0 Å². The van der Waals surface area contributed by atoms with Crippen LogP contribution in [0.25, 0.3) is 0 Å². The van der Waals surface area contributed by atoms with Crippen LogP contribution in [0.2, 0.25) is 0 Å². The van der Waals surface area contributed by atoms with E-state index < -0.39 is 16.1 Å². The third kappa shape index (κ3) is 4.11. The Hall–Kier alpha value is -2.22. The first-order chi connectivity index (χ1) is 13.3. The Bertz CT molecular complexity index is 972. The smallest absolute Gasteiger partial charge is 0.244 e. The third-order valence-electron chi connectivity index (χ3n) is 5.07. The molecule has 0 spiro atoms. The van der Waals surface area contributed by atoms with Crippen molar-refractivity contribution in [3.63, 3.8) is 0 Å². The van der Waals surface area contributed by atoms with Gasteiger partial charge >= 0.3 is 0 Å². The van der Waals surface area contributed by atoms with Gasteiger partial charge in [-0.2, -0.15) is 4.31 Å². The molecule has 0 aliphatic carbocycles. The summed E-state index contributed by atoms with van der Waals surface area (Å²) < 4.78 is 28.4. The number of benzene rings is 2. The Kier molecular flexibility index (Phi) is 6.17. The second-order valence-corrected chi connectivity index (χ2v) is 9.04. The van der Waals surface area contributed by atoms with Gasteiger partial charge < -0.3 is 10.4 Å². The van der Waals surface area contributed by atoms with Gasteiger partial charge in [0.2, 0.25) is 15.9 Å². The van der Waals surface area contributed by atoms with Crippen LogP contribution in [0, 0.1) is 13.8 Å². The molecule has 0 aromatic heterocycles. The minimum absolute atomic E-state index is 0.0295. The lowest BCUT2D eigenvalue weighted by Crippen LogP contribution is -2.52. The maximum absolute atomic E-state index is 13.5. The standard InChI is InChI=1S/C21H26N2O4S/c1-15-8-9-16(2)20(12-15)28(26,27)23-14-18-7-4-3-6-17(18)13-19(23)21(25)22-10-5-11-24/h3-4,6-9,12,19,24H,5,10-11,13-14H2,1-2H3,(H,22,25). The summed E-state index contributed by atoms with van der Waals surface area (Å²) in [7, 11) is -3.86. The molecule has 0 saturated carbocycles. The van der Waals surface area contributed by atoms with Crippen molar-refractivity contribution in [1.82, 2.24) is 9.62 Å². The molecule has 1 amide bonds. The molecule has 3 rings (SSSR count). The van der Waals surface area contributed by atoms with Gasteiger partial charge in [0.15, 0.2) is 0 Å². The number of aliphatic hydroxyl groups is 1. The first-order valence-electron chi connectivity index (χ1n) is 9.39. The van der Waals surface area contributed by atoms with Crippen molar-refractivity contribution in [2.45, 2.75) is 44.2 Å². The number of aliphatic hydroxyl groups excluding tert-OH is 1. The summed E-state index contributed by atoms with van der Waals surface area (Å²) in [6.07, 6.45) is 0.754. The molecule has 2 aromatic carbocycles. The Morgan fingerprint density at radius 3 is 2.61 bits per heavy atom. The van der Waals surface area contributed by atoms with E-state index in [1.54, 1.807) is 19.1 Å². The molecule has 0 radical (unpaired) electrons. The summed E-state index contributed by atoms with van der Waals surface area (Å²) in [5.74, 6) is -0.336. The zero-order valence-electron chi connectivity index (χ0n) is 16.2. The number of aryl methyl sites for hydroxylation is 2. The zero-order valence-corrected chi connectivity index (χ0v) is 17.0. The molecule has 0 fully saturated rings. The first-order valence-corrected chi connectivity index (χ1v) is 10.8. The monoisotopic (exact) mass is 402 g/mol. The summed E-state index contributed by atoms with van der Waals surface area (Å²) in [4.78, 5) is 13.1. The zero-order chi connectivity index (χ0) is 20.3. The first kappa shape index (κ1) is 20.5. The lowest BCUT2D eigenvalue weighted by molar-refractivity contribution is -0.125. The van der Waals surface area contributed by atoms with Gasteiger partial charge in [0.1, 0.15) is 6.04 Å². The fourth-order valence-electron chi connectivity index (χ4n) is 3.50. The van der Waals surface area contributed by atoms with Crippen LogP contribution in [-0.2, 0) is 27.8 Å². The molecule has 1 atom stereocenters. The predicted molar refractivity (Wildman–Crippen MR) is 107 cm³/mol. The average Bonchev–Trinajstić information content (AvgIpc) is 2.68. The van der Waals surface area contributed by atoms with Crippen molar-refractivity contribution in [2.75, 3.05) is 13.2 Å². The van der Waals surface area contributed by atoms with Gasteiger partial charge in [0, 0.05) is 19.7 Å². The molecule has 1 aliphatic rings. The number of carbonyl (C=O) groups is 1. The quantitative estimate of drug-likeness (QED) is 0.723. The lowest BCUT2D eigenvalue weighted by atomic mass is 9.95. The highest BCUT2D eigenvalue weighted by Gasteiger charge is 2.40. The number of fused-ring (bicyclic) bond motifs is 1. The molecule has 2 aromatic rings. The van der Waals surface area contributed by atoms with Crippen LogP contribution in [0.3, 0.4) is 0 Å². The van der Waals surface area contributed by atoms with E-state index in [4.69, 9.17) is 5.11 Å². The third-order valence-corrected chi connectivity index (χ3v) is 7.07. The molecular formula is C21H26N2O4S. The molecule has 1 heterocycles. The second-order valence-electron chi connectivity index (χ2n) is 7.18. The predicted octanol–water partition coefficient (Wildman–Crippen LogP) is 1.92. The molecule has 150 valence electrons. The fourth-order valence-corrected chi connectivity index (χ4v) is 5.37. The van der Waals surface area contributed by atoms with E-state index in [9.17, 15) is 13.2 Å². The van der Waals surface area contributed by atoms with Crippen LogP contribution >= 0.6 is 0 Å². The van der Waals surface area contributed by atoms with Crippen molar-refractivity contribution < 1.29 is 18.3 Å². The SMILES string of the molecule is Cc1ccc(C)c(S(=O)(=O)N2Cc3ccccc3CC2C(=O)NCCCO)c1. The number of carbonyl (C=O) groups excluding carboxylic acids is 1. The summed E-state index contributed by atoms with van der Waals surface area (Å²) in [5.41, 5.74) is 3.41. The van der Waals surface area contributed by atoms with Gasteiger partial charge in [-0.1, -0.05) is 36.4 Å². The molecular weight excluding hydrogens is 376 g/mol. The molecule has 1 unspecified atom stereocenters. The maximum Gasteiger partial charge on any atom is 0.244 e. The van der Waals surface area contributed by atoms with Crippen molar-refractivity contribution in [3.05, 3.63) is 64.7 Å². The van der Waals surface area contributed by atoms with Crippen LogP contribution < -0.4 is 5.32 Å². The van der Waals surface area contributed by atoms with Crippen molar-refractivity contribution in [3.8, 4) is 0 Å². The summed E-state index contributed by atoms with van der Waals surface area (Å²) >= 11 is 0. The topological polar surface area (TPSA) is 86.7 Å². The van der Waals surface area contributed by atoms with Crippen LogP contribution in [0.4, 0.5) is 0 Å². The normalized spacial score (nSPS) is 17.2. The van der Waals surface area contributed by atoms with E-state index in [2.05, 4.69) is 5.32 Å². The van der Waals surface area contributed by atoms with Crippen LogP contribution in [-0.4, -0.2) is 42.9 Å². The number of hydrogen-bond donors (Lipinski definition) is 2. The van der Waals surface area contributed by atoms with Crippen molar-refractivity contribution in [2.24, 2.45) is 0 Å². The molecule has 0 saturated heterocycles. The Balaban J connectivity index is 2.01. The number of sulfonamides is 1. The fraction of sp³-hybridized carbons (Fsp3) is 0.381. The number of rotatable bonds is 6.